The lowest BCUT2D eigenvalue weighted by Gasteiger charge is -2.31. The van der Waals surface area contributed by atoms with E-state index in [4.69, 9.17) is 33.2 Å². The first-order valence-corrected chi connectivity index (χ1v) is 16.2. The fourth-order valence-electron chi connectivity index (χ4n) is 5.25. The van der Waals surface area contributed by atoms with Crippen LogP contribution in [0.15, 0.2) is 72.8 Å². The first kappa shape index (κ1) is 31.1. The van der Waals surface area contributed by atoms with Crippen molar-refractivity contribution in [3.63, 3.8) is 0 Å². The summed E-state index contributed by atoms with van der Waals surface area (Å²) in [5.41, 5.74) is 2.50. The molecule has 5 rings (SSSR count). The first-order valence-electron chi connectivity index (χ1n) is 14.4. The Balaban J connectivity index is 1.20. The number of para-hydroxylation sites is 1. The van der Waals surface area contributed by atoms with Gasteiger partial charge in [-0.25, -0.2) is 4.98 Å². The van der Waals surface area contributed by atoms with Gasteiger partial charge in [0.1, 0.15) is 5.82 Å². The highest BCUT2D eigenvalue weighted by molar-refractivity contribution is 7.99. The van der Waals surface area contributed by atoms with Crippen LogP contribution in [-0.2, 0) is 10.5 Å². The third-order valence-electron chi connectivity index (χ3n) is 7.61. The van der Waals surface area contributed by atoms with Crippen LogP contribution >= 0.6 is 35.0 Å². The maximum absolute atomic E-state index is 13.5. The van der Waals surface area contributed by atoms with E-state index in [0.29, 0.717) is 27.3 Å². The van der Waals surface area contributed by atoms with E-state index in [-0.39, 0.29) is 30.2 Å². The van der Waals surface area contributed by atoms with Gasteiger partial charge in [-0.3, -0.25) is 9.59 Å². The summed E-state index contributed by atoms with van der Waals surface area (Å²) < 4.78 is 0. The summed E-state index contributed by atoms with van der Waals surface area (Å²) in [4.78, 5) is 38.2. The largest absolute Gasteiger partial charge is 0.362 e. The van der Waals surface area contributed by atoms with Crippen LogP contribution in [0.3, 0.4) is 0 Å². The third-order valence-corrected chi connectivity index (χ3v) is 9.39. The molecular formula is C33H35Cl2N5O2S. The molecule has 1 aromatic heterocycles. The van der Waals surface area contributed by atoms with Gasteiger partial charge >= 0.3 is 0 Å². The Morgan fingerprint density at radius 1 is 0.884 bits per heavy atom. The monoisotopic (exact) mass is 635 g/mol. The molecule has 10 heteroatoms. The molecule has 0 bridgehead atoms. The molecule has 1 atom stereocenters. The van der Waals surface area contributed by atoms with Gasteiger partial charge in [-0.2, -0.15) is 4.98 Å². The maximum Gasteiger partial charge on any atom is 0.233 e. The number of carbonyl (C=O) groups is 2. The van der Waals surface area contributed by atoms with Crippen LogP contribution in [-0.4, -0.2) is 53.1 Å². The van der Waals surface area contributed by atoms with Gasteiger partial charge in [0.05, 0.1) is 10.8 Å². The summed E-state index contributed by atoms with van der Waals surface area (Å²) in [6.45, 7) is 0. The molecule has 3 aromatic carbocycles. The van der Waals surface area contributed by atoms with Crippen LogP contribution < -0.4 is 15.5 Å². The number of aromatic nitrogens is 2. The van der Waals surface area contributed by atoms with Crippen molar-refractivity contribution >= 4 is 69.3 Å². The molecule has 43 heavy (non-hydrogen) atoms. The van der Waals surface area contributed by atoms with Crippen molar-refractivity contribution < 1.29 is 9.59 Å². The summed E-state index contributed by atoms with van der Waals surface area (Å²) in [6.07, 6.45) is 3.53. The highest BCUT2D eigenvalue weighted by atomic mass is 35.5. The van der Waals surface area contributed by atoms with Crippen molar-refractivity contribution in [1.82, 2.24) is 15.3 Å². The number of rotatable bonds is 11. The molecule has 1 aliphatic carbocycles. The van der Waals surface area contributed by atoms with E-state index in [9.17, 15) is 9.59 Å². The maximum atomic E-state index is 13.5. The molecule has 1 fully saturated rings. The number of anilines is 2. The molecule has 2 N–H and O–H groups in total. The lowest BCUT2D eigenvalue weighted by atomic mass is 9.91. The predicted molar refractivity (Wildman–Crippen MR) is 179 cm³/mol. The van der Waals surface area contributed by atoms with Crippen LogP contribution in [0.1, 0.15) is 48.0 Å². The number of halogens is 2. The zero-order valence-electron chi connectivity index (χ0n) is 24.2. The topological polar surface area (TPSA) is 87.2 Å². The van der Waals surface area contributed by atoms with Crippen molar-refractivity contribution in [2.75, 3.05) is 24.3 Å². The lowest BCUT2D eigenvalue weighted by Crippen LogP contribution is -2.44. The van der Waals surface area contributed by atoms with Crippen LogP contribution in [0.4, 0.5) is 11.8 Å². The zero-order chi connectivity index (χ0) is 30.3. The van der Waals surface area contributed by atoms with E-state index < -0.39 is 5.25 Å². The number of nitrogens with zero attached hydrogens (tertiary/aromatic N) is 3. The predicted octanol–water partition coefficient (Wildman–Crippen LogP) is 7.42. The van der Waals surface area contributed by atoms with Gasteiger partial charge in [0.25, 0.3) is 0 Å². The molecule has 0 radical (unpaired) electrons. The van der Waals surface area contributed by atoms with Gasteiger partial charge in [-0.05, 0) is 79.8 Å². The van der Waals surface area contributed by atoms with E-state index >= 15 is 0 Å². The van der Waals surface area contributed by atoms with Gasteiger partial charge in [-0.1, -0.05) is 47.5 Å². The number of nitrogens with one attached hydrogen (secondary N) is 2. The first-order chi connectivity index (χ1) is 20.7. The molecular weight excluding hydrogens is 601 g/mol. The third kappa shape index (κ3) is 8.40. The summed E-state index contributed by atoms with van der Waals surface area (Å²) in [7, 11) is 3.97. The van der Waals surface area contributed by atoms with Gasteiger partial charge in [0.15, 0.2) is 5.78 Å². The molecule has 0 spiro atoms. The van der Waals surface area contributed by atoms with Crippen molar-refractivity contribution in [3.8, 4) is 0 Å². The van der Waals surface area contributed by atoms with Crippen LogP contribution in [0, 0.1) is 0 Å². The minimum absolute atomic E-state index is 0.0460. The van der Waals surface area contributed by atoms with Gasteiger partial charge in [0, 0.05) is 59.3 Å². The second-order valence-corrected chi connectivity index (χ2v) is 13.1. The Kier molecular flexibility index (Phi) is 10.4. The Labute approximate surface area is 266 Å². The average Bonchev–Trinajstić information content (AvgIpc) is 3.00. The lowest BCUT2D eigenvalue weighted by molar-refractivity contribution is -0.121. The molecule has 1 aliphatic rings. The molecule has 1 saturated carbocycles. The number of benzene rings is 3. The van der Waals surface area contributed by atoms with Gasteiger partial charge < -0.3 is 15.5 Å². The van der Waals surface area contributed by atoms with E-state index in [0.717, 1.165) is 48.0 Å². The number of Topliss-reactive ketones (excluding diaryl/α,β-unsaturated/α-hetero) is 1. The number of carbonyl (C=O) groups excluding carboxylic acids is 2. The second-order valence-electron chi connectivity index (χ2n) is 11.0. The molecule has 224 valence electrons. The van der Waals surface area contributed by atoms with Crippen molar-refractivity contribution in [2.45, 2.75) is 55.2 Å². The Bertz CT molecular complexity index is 1560. The van der Waals surface area contributed by atoms with Crippen molar-refractivity contribution in [3.05, 3.63) is 94.0 Å². The highest BCUT2D eigenvalue weighted by Gasteiger charge is 2.28. The second kappa shape index (κ2) is 14.4. The summed E-state index contributed by atoms with van der Waals surface area (Å²) in [5, 5.41) is 8.49. The number of fused-ring (bicyclic) bond motifs is 1. The number of hydrogen-bond acceptors (Lipinski definition) is 7. The summed E-state index contributed by atoms with van der Waals surface area (Å²) in [6, 6.07) is 22.6. The normalized spacial score (nSPS) is 17.3. The average molecular weight is 637 g/mol. The smallest absolute Gasteiger partial charge is 0.233 e. The van der Waals surface area contributed by atoms with Gasteiger partial charge in [-0.15, -0.1) is 11.8 Å². The minimum atomic E-state index is -0.523. The highest BCUT2D eigenvalue weighted by Crippen LogP contribution is 2.28. The van der Waals surface area contributed by atoms with E-state index in [2.05, 4.69) is 10.6 Å². The Morgan fingerprint density at radius 2 is 1.51 bits per heavy atom. The van der Waals surface area contributed by atoms with E-state index in [1.165, 1.54) is 11.8 Å². The minimum Gasteiger partial charge on any atom is -0.362 e. The fraction of sp³-hybridized carbons (Fsp3) is 0.333. The number of thioether (sulfide) groups is 1. The van der Waals surface area contributed by atoms with Crippen molar-refractivity contribution in [2.24, 2.45) is 0 Å². The quantitative estimate of drug-likeness (QED) is 0.166. The molecule has 0 aliphatic heterocycles. The Morgan fingerprint density at radius 3 is 2.19 bits per heavy atom. The molecule has 1 unspecified atom stereocenters. The molecule has 7 nitrogen and oxygen atoms in total. The fourth-order valence-corrected chi connectivity index (χ4v) is 6.58. The van der Waals surface area contributed by atoms with Crippen LogP contribution in [0.5, 0.6) is 0 Å². The van der Waals surface area contributed by atoms with Crippen LogP contribution in [0.25, 0.3) is 10.9 Å². The molecule has 4 aromatic rings. The van der Waals surface area contributed by atoms with Gasteiger partial charge in [0.2, 0.25) is 11.9 Å². The Hall–Kier alpha value is -3.33. The summed E-state index contributed by atoms with van der Waals surface area (Å²) in [5.74, 6) is 1.91. The standard InChI is InChI=1S/C33H35Cl2N5O2S/c1-40(2)31-27-5-3-4-6-28(27)38-33(39-31)37-26-17-15-25(16-18-26)36-32(42)30(43-20-21-7-11-23(34)12-8-21)19-29(41)22-9-13-24(35)14-10-22/h3-14,25-26,30H,15-20H2,1-2H3,(H,36,42)(H,37,38,39). The SMILES string of the molecule is CN(C)c1nc(NC2CCC(NC(=O)C(CC(=O)c3ccc(Cl)cc3)SCc3ccc(Cl)cc3)CC2)nc2ccccc12. The van der Waals surface area contributed by atoms with Crippen molar-refractivity contribution in [1.29, 1.82) is 0 Å². The zero-order valence-corrected chi connectivity index (χ0v) is 26.6. The number of amides is 1. The number of hydrogen-bond donors (Lipinski definition) is 2. The van der Waals surface area contributed by atoms with E-state index in [1.807, 2.05) is 67.5 Å². The number of ketones is 1. The molecule has 1 amide bonds. The molecule has 1 heterocycles. The van der Waals surface area contributed by atoms with Crippen LogP contribution in [0.2, 0.25) is 10.0 Å². The van der Waals surface area contributed by atoms with E-state index in [1.54, 1.807) is 24.3 Å². The summed E-state index contributed by atoms with van der Waals surface area (Å²) >= 11 is 13.5. The molecule has 0 saturated heterocycles.